The number of benzene rings is 1. The standard InChI is InChI=1S/C11H11NO3/c1-7(13)6-11(15)8-4-2-3-5-9(8)12-10(11)14/h2-5,15H,6H2,1H3,(H,12,14)/t11-/m1/s1. The van der Waals surface area contributed by atoms with E-state index in [0.717, 1.165) is 0 Å². The van der Waals surface area contributed by atoms with Crippen molar-refractivity contribution in [3.05, 3.63) is 29.8 Å². The van der Waals surface area contributed by atoms with Gasteiger partial charge in [-0.2, -0.15) is 0 Å². The summed E-state index contributed by atoms with van der Waals surface area (Å²) >= 11 is 0. The molecule has 0 radical (unpaired) electrons. The Hall–Kier alpha value is -1.68. The molecule has 0 spiro atoms. The summed E-state index contributed by atoms with van der Waals surface area (Å²) in [6, 6.07) is 6.84. The van der Waals surface area contributed by atoms with Gasteiger partial charge < -0.3 is 10.4 Å². The molecule has 1 atom stereocenters. The first-order chi connectivity index (χ1) is 7.04. The third-order valence-corrected chi connectivity index (χ3v) is 2.50. The van der Waals surface area contributed by atoms with Crippen molar-refractivity contribution < 1.29 is 14.7 Å². The maximum Gasteiger partial charge on any atom is 0.261 e. The minimum atomic E-state index is -1.69. The minimum absolute atomic E-state index is 0.185. The number of carbonyl (C=O) groups is 2. The highest BCUT2D eigenvalue weighted by atomic mass is 16.3. The lowest BCUT2D eigenvalue weighted by Gasteiger charge is -2.18. The second-order valence-corrected chi connectivity index (χ2v) is 3.74. The zero-order valence-electron chi connectivity index (χ0n) is 8.28. The van der Waals surface area contributed by atoms with E-state index >= 15 is 0 Å². The van der Waals surface area contributed by atoms with E-state index in [4.69, 9.17) is 0 Å². The van der Waals surface area contributed by atoms with Crippen LogP contribution in [0.4, 0.5) is 5.69 Å². The molecular weight excluding hydrogens is 194 g/mol. The number of rotatable bonds is 2. The molecule has 0 saturated heterocycles. The lowest BCUT2D eigenvalue weighted by Crippen LogP contribution is -2.35. The van der Waals surface area contributed by atoms with Crippen LogP contribution in [0.15, 0.2) is 24.3 Å². The van der Waals surface area contributed by atoms with E-state index in [2.05, 4.69) is 5.32 Å². The average molecular weight is 205 g/mol. The van der Waals surface area contributed by atoms with E-state index in [1.165, 1.54) is 6.92 Å². The molecule has 2 rings (SSSR count). The van der Waals surface area contributed by atoms with Crippen molar-refractivity contribution >= 4 is 17.4 Å². The highest BCUT2D eigenvalue weighted by Crippen LogP contribution is 2.37. The fraction of sp³-hybridized carbons (Fsp3) is 0.273. The number of Topliss-reactive ketones (excluding diaryl/α,β-unsaturated/α-hetero) is 1. The van der Waals surface area contributed by atoms with Crippen molar-refractivity contribution in [3.63, 3.8) is 0 Å². The molecule has 2 N–H and O–H groups in total. The van der Waals surface area contributed by atoms with Crippen LogP contribution >= 0.6 is 0 Å². The predicted octanol–water partition coefficient (Wildman–Crippen LogP) is 0.805. The Morgan fingerprint density at radius 2 is 2.13 bits per heavy atom. The van der Waals surface area contributed by atoms with Crippen molar-refractivity contribution in [1.82, 2.24) is 0 Å². The number of para-hydroxylation sites is 1. The Bertz CT molecular complexity index is 441. The third-order valence-electron chi connectivity index (χ3n) is 2.50. The molecule has 1 aromatic carbocycles. The highest BCUT2D eigenvalue weighted by Gasteiger charge is 2.45. The van der Waals surface area contributed by atoms with Crippen LogP contribution in [-0.4, -0.2) is 16.8 Å². The number of ketones is 1. The van der Waals surface area contributed by atoms with Crippen LogP contribution in [0.3, 0.4) is 0 Å². The van der Waals surface area contributed by atoms with Gasteiger partial charge in [-0.15, -0.1) is 0 Å². The smallest absolute Gasteiger partial charge is 0.261 e. The molecule has 0 saturated carbocycles. The fourth-order valence-corrected chi connectivity index (χ4v) is 1.84. The summed E-state index contributed by atoms with van der Waals surface area (Å²) < 4.78 is 0. The van der Waals surface area contributed by atoms with Gasteiger partial charge in [0, 0.05) is 17.7 Å². The van der Waals surface area contributed by atoms with Crippen LogP contribution in [0.25, 0.3) is 0 Å². The quantitative estimate of drug-likeness (QED) is 0.750. The number of amides is 1. The van der Waals surface area contributed by atoms with Gasteiger partial charge in [-0.1, -0.05) is 18.2 Å². The summed E-state index contributed by atoms with van der Waals surface area (Å²) in [5, 5.41) is 12.7. The van der Waals surface area contributed by atoms with Crippen LogP contribution in [-0.2, 0) is 15.2 Å². The normalized spacial score (nSPS) is 23.5. The molecule has 15 heavy (non-hydrogen) atoms. The number of anilines is 1. The zero-order chi connectivity index (χ0) is 11.1. The molecular formula is C11H11NO3. The van der Waals surface area contributed by atoms with Gasteiger partial charge in [0.15, 0.2) is 5.60 Å². The van der Waals surface area contributed by atoms with E-state index in [-0.39, 0.29) is 12.2 Å². The summed E-state index contributed by atoms with van der Waals surface area (Å²) in [5.41, 5.74) is -0.640. The first-order valence-corrected chi connectivity index (χ1v) is 4.67. The van der Waals surface area contributed by atoms with Gasteiger partial charge in [0.25, 0.3) is 5.91 Å². The van der Waals surface area contributed by atoms with Gasteiger partial charge in [-0.25, -0.2) is 0 Å². The molecule has 1 aliphatic rings. The molecule has 78 valence electrons. The van der Waals surface area contributed by atoms with E-state index in [1.807, 2.05) is 0 Å². The predicted molar refractivity (Wildman–Crippen MR) is 54.3 cm³/mol. The number of fused-ring (bicyclic) bond motifs is 1. The van der Waals surface area contributed by atoms with Crippen LogP contribution in [0, 0.1) is 0 Å². The molecule has 1 aromatic rings. The second kappa shape index (κ2) is 3.17. The fourth-order valence-electron chi connectivity index (χ4n) is 1.84. The molecule has 4 nitrogen and oxygen atoms in total. The Kier molecular flexibility index (Phi) is 2.08. The number of nitrogens with one attached hydrogen (secondary N) is 1. The average Bonchev–Trinajstić information content (AvgIpc) is 2.39. The first kappa shape index (κ1) is 9.86. The Morgan fingerprint density at radius 3 is 2.80 bits per heavy atom. The number of hydrogen-bond donors (Lipinski definition) is 2. The Labute approximate surface area is 86.9 Å². The summed E-state index contributed by atoms with van der Waals surface area (Å²) in [4.78, 5) is 22.6. The molecule has 0 aromatic heterocycles. The zero-order valence-corrected chi connectivity index (χ0v) is 8.28. The van der Waals surface area contributed by atoms with Crippen LogP contribution in [0.1, 0.15) is 18.9 Å². The van der Waals surface area contributed by atoms with Crippen molar-refractivity contribution in [2.45, 2.75) is 18.9 Å². The number of aliphatic hydroxyl groups is 1. The minimum Gasteiger partial charge on any atom is -0.375 e. The first-order valence-electron chi connectivity index (χ1n) is 4.67. The number of carbonyl (C=O) groups excluding carboxylic acids is 2. The van der Waals surface area contributed by atoms with E-state index in [1.54, 1.807) is 24.3 Å². The molecule has 1 aliphatic heterocycles. The second-order valence-electron chi connectivity index (χ2n) is 3.74. The van der Waals surface area contributed by atoms with Gasteiger partial charge in [-0.3, -0.25) is 9.59 Å². The molecule has 0 fully saturated rings. The maximum atomic E-state index is 11.6. The monoisotopic (exact) mass is 205 g/mol. The lowest BCUT2D eigenvalue weighted by atomic mass is 9.90. The molecule has 1 amide bonds. The molecule has 4 heteroatoms. The summed E-state index contributed by atoms with van der Waals surface area (Å²) in [6.07, 6.45) is -0.185. The van der Waals surface area contributed by atoms with E-state index in [0.29, 0.717) is 11.3 Å². The van der Waals surface area contributed by atoms with E-state index < -0.39 is 11.5 Å². The van der Waals surface area contributed by atoms with Gasteiger partial charge in [0.1, 0.15) is 5.78 Å². The van der Waals surface area contributed by atoms with Crippen LogP contribution < -0.4 is 5.32 Å². The molecule has 0 unspecified atom stereocenters. The third kappa shape index (κ3) is 1.43. The summed E-state index contributed by atoms with van der Waals surface area (Å²) in [5.74, 6) is -0.747. The topological polar surface area (TPSA) is 66.4 Å². The summed E-state index contributed by atoms with van der Waals surface area (Å²) in [7, 11) is 0. The van der Waals surface area contributed by atoms with Gasteiger partial charge >= 0.3 is 0 Å². The maximum absolute atomic E-state index is 11.6. The molecule has 0 aliphatic carbocycles. The lowest BCUT2D eigenvalue weighted by molar-refractivity contribution is -0.139. The molecule has 0 bridgehead atoms. The van der Waals surface area contributed by atoms with Crippen LogP contribution in [0.5, 0.6) is 0 Å². The number of hydrogen-bond acceptors (Lipinski definition) is 3. The van der Waals surface area contributed by atoms with Gasteiger partial charge in [0.2, 0.25) is 0 Å². The Balaban J connectivity index is 2.49. The van der Waals surface area contributed by atoms with Crippen molar-refractivity contribution in [1.29, 1.82) is 0 Å². The van der Waals surface area contributed by atoms with Gasteiger partial charge in [0.05, 0.1) is 0 Å². The summed E-state index contributed by atoms with van der Waals surface area (Å²) in [6.45, 7) is 1.35. The highest BCUT2D eigenvalue weighted by molar-refractivity contribution is 6.06. The van der Waals surface area contributed by atoms with Crippen molar-refractivity contribution in [2.75, 3.05) is 5.32 Å². The van der Waals surface area contributed by atoms with Gasteiger partial charge in [-0.05, 0) is 13.0 Å². The van der Waals surface area contributed by atoms with Crippen LogP contribution in [0.2, 0.25) is 0 Å². The largest absolute Gasteiger partial charge is 0.375 e. The van der Waals surface area contributed by atoms with E-state index in [9.17, 15) is 14.7 Å². The molecule has 1 heterocycles. The SMILES string of the molecule is CC(=O)C[C@]1(O)C(=O)Nc2ccccc21. The van der Waals surface area contributed by atoms with Crippen molar-refractivity contribution in [3.8, 4) is 0 Å². The Morgan fingerprint density at radius 1 is 1.47 bits per heavy atom. The van der Waals surface area contributed by atoms with Crippen molar-refractivity contribution in [2.24, 2.45) is 0 Å².